The van der Waals surface area contributed by atoms with Crippen LogP contribution in [0.1, 0.15) is 50.9 Å². The standard InChI is InChI=1S/C17H25N3/c1-4-14-8-7-9-15(12-14)18-13-16-10-11-20(19-16)17(5-2)6-3/h7-12,17-18H,4-6,13H2,1-3H3. The Morgan fingerprint density at radius 1 is 1.15 bits per heavy atom. The molecule has 0 unspecified atom stereocenters. The van der Waals surface area contributed by atoms with E-state index in [9.17, 15) is 0 Å². The molecule has 0 bridgehead atoms. The maximum Gasteiger partial charge on any atom is 0.0815 e. The fourth-order valence-corrected chi connectivity index (χ4v) is 2.43. The summed E-state index contributed by atoms with van der Waals surface area (Å²) in [5.41, 5.74) is 3.62. The molecule has 2 rings (SSSR count). The van der Waals surface area contributed by atoms with Gasteiger partial charge in [0.1, 0.15) is 0 Å². The molecule has 0 radical (unpaired) electrons. The number of anilines is 1. The highest BCUT2D eigenvalue weighted by atomic mass is 15.3. The minimum Gasteiger partial charge on any atom is -0.379 e. The minimum absolute atomic E-state index is 0.521. The van der Waals surface area contributed by atoms with E-state index in [1.54, 1.807) is 0 Å². The van der Waals surface area contributed by atoms with Crippen LogP contribution in [-0.4, -0.2) is 9.78 Å². The first-order chi connectivity index (χ1) is 9.76. The highest BCUT2D eigenvalue weighted by Gasteiger charge is 2.07. The van der Waals surface area contributed by atoms with Gasteiger partial charge in [0.2, 0.25) is 0 Å². The first-order valence-electron chi connectivity index (χ1n) is 7.63. The highest BCUT2D eigenvalue weighted by Crippen LogP contribution is 2.16. The van der Waals surface area contributed by atoms with Crippen LogP contribution in [0.25, 0.3) is 0 Å². The second kappa shape index (κ2) is 7.13. The second-order valence-corrected chi connectivity index (χ2v) is 5.16. The van der Waals surface area contributed by atoms with Gasteiger partial charge in [-0.3, -0.25) is 4.68 Å². The van der Waals surface area contributed by atoms with E-state index in [4.69, 9.17) is 0 Å². The molecule has 108 valence electrons. The quantitative estimate of drug-likeness (QED) is 0.808. The summed E-state index contributed by atoms with van der Waals surface area (Å²) in [6, 6.07) is 11.2. The molecular weight excluding hydrogens is 246 g/mol. The van der Waals surface area contributed by atoms with E-state index in [2.05, 4.69) is 72.4 Å². The lowest BCUT2D eigenvalue weighted by molar-refractivity contribution is 0.426. The Bertz CT molecular complexity index is 527. The van der Waals surface area contributed by atoms with Crippen LogP contribution in [0.3, 0.4) is 0 Å². The molecule has 0 amide bonds. The maximum absolute atomic E-state index is 4.66. The van der Waals surface area contributed by atoms with Crippen molar-refractivity contribution in [3.05, 3.63) is 47.8 Å². The molecule has 0 saturated carbocycles. The van der Waals surface area contributed by atoms with Gasteiger partial charge in [0, 0.05) is 11.9 Å². The summed E-state index contributed by atoms with van der Waals surface area (Å²) in [6.07, 6.45) is 5.42. The number of aromatic nitrogens is 2. The molecule has 3 nitrogen and oxygen atoms in total. The second-order valence-electron chi connectivity index (χ2n) is 5.16. The summed E-state index contributed by atoms with van der Waals surface area (Å²) in [5, 5.41) is 8.11. The zero-order chi connectivity index (χ0) is 14.4. The van der Waals surface area contributed by atoms with Gasteiger partial charge in [-0.1, -0.05) is 32.9 Å². The number of benzene rings is 1. The molecule has 0 aliphatic carbocycles. The van der Waals surface area contributed by atoms with Crippen LogP contribution in [0.4, 0.5) is 5.69 Å². The Balaban J connectivity index is 1.97. The fraction of sp³-hybridized carbons (Fsp3) is 0.471. The van der Waals surface area contributed by atoms with Crippen molar-refractivity contribution in [3.8, 4) is 0 Å². The van der Waals surface area contributed by atoms with Crippen molar-refractivity contribution in [2.45, 2.75) is 52.6 Å². The van der Waals surface area contributed by atoms with Crippen LogP contribution in [0, 0.1) is 0 Å². The molecule has 20 heavy (non-hydrogen) atoms. The highest BCUT2D eigenvalue weighted by molar-refractivity contribution is 5.45. The van der Waals surface area contributed by atoms with Crippen molar-refractivity contribution in [1.29, 1.82) is 0 Å². The molecule has 0 aliphatic rings. The van der Waals surface area contributed by atoms with E-state index in [0.29, 0.717) is 6.04 Å². The number of nitrogens with one attached hydrogen (secondary N) is 1. The number of hydrogen-bond acceptors (Lipinski definition) is 2. The maximum atomic E-state index is 4.66. The van der Waals surface area contributed by atoms with E-state index in [0.717, 1.165) is 31.5 Å². The van der Waals surface area contributed by atoms with Gasteiger partial charge in [-0.25, -0.2) is 0 Å². The van der Waals surface area contributed by atoms with Crippen LogP contribution in [0.15, 0.2) is 36.5 Å². The van der Waals surface area contributed by atoms with Gasteiger partial charge in [0.15, 0.2) is 0 Å². The molecule has 2 aromatic rings. The van der Waals surface area contributed by atoms with Crippen LogP contribution < -0.4 is 5.32 Å². The summed E-state index contributed by atoms with van der Waals surface area (Å²) < 4.78 is 2.10. The normalized spacial score (nSPS) is 11.0. The average molecular weight is 271 g/mol. The van der Waals surface area contributed by atoms with Crippen LogP contribution in [-0.2, 0) is 13.0 Å². The molecule has 0 fully saturated rings. The molecule has 1 aromatic carbocycles. The van der Waals surface area contributed by atoms with Crippen molar-refractivity contribution in [2.24, 2.45) is 0 Å². The van der Waals surface area contributed by atoms with E-state index in [1.807, 2.05) is 0 Å². The molecule has 0 atom stereocenters. The summed E-state index contributed by atoms with van der Waals surface area (Å²) in [5.74, 6) is 0. The summed E-state index contributed by atoms with van der Waals surface area (Å²) in [6.45, 7) is 7.38. The van der Waals surface area contributed by atoms with Crippen molar-refractivity contribution >= 4 is 5.69 Å². The Kier molecular flexibility index (Phi) is 5.22. The lowest BCUT2D eigenvalue weighted by Crippen LogP contribution is -2.09. The number of rotatable bonds is 7. The fourth-order valence-electron chi connectivity index (χ4n) is 2.43. The Morgan fingerprint density at radius 3 is 2.65 bits per heavy atom. The third-order valence-electron chi connectivity index (χ3n) is 3.79. The zero-order valence-electron chi connectivity index (χ0n) is 12.8. The van der Waals surface area contributed by atoms with E-state index in [-0.39, 0.29) is 0 Å². The first kappa shape index (κ1) is 14.6. The molecule has 1 heterocycles. The van der Waals surface area contributed by atoms with Gasteiger partial charge in [-0.2, -0.15) is 5.10 Å². The topological polar surface area (TPSA) is 29.9 Å². The number of nitrogens with zero attached hydrogens (tertiary/aromatic N) is 2. The smallest absolute Gasteiger partial charge is 0.0815 e. The van der Waals surface area contributed by atoms with Gasteiger partial charge in [-0.05, 0) is 43.0 Å². The zero-order valence-corrected chi connectivity index (χ0v) is 12.8. The lowest BCUT2D eigenvalue weighted by Gasteiger charge is -2.12. The van der Waals surface area contributed by atoms with Gasteiger partial charge >= 0.3 is 0 Å². The predicted molar refractivity (Wildman–Crippen MR) is 85.0 cm³/mol. The largest absolute Gasteiger partial charge is 0.379 e. The van der Waals surface area contributed by atoms with Crippen molar-refractivity contribution in [2.75, 3.05) is 5.32 Å². The Labute approximate surface area is 122 Å². The minimum atomic E-state index is 0.521. The third-order valence-corrected chi connectivity index (χ3v) is 3.79. The summed E-state index contributed by atoms with van der Waals surface area (Å²) in [4.78, 5) is 0. The third kappa shape index (κ3) is 3.62. The van der Waals surface area contributed by atoms with Gasteiger partial charge in [0.05, 0.1) is 18.3 Å². The lowest BCUT2D eigenvalue weighted by atomic mass is 10.1. The molecule has 0 spiro atoms. The SMILES string of the molecule is CCc1cccc(NCc2ccn(C(CC)CC)n2)c1. The van der Waals surface area contributed by atoms with Gasteiger partial charge < -0.3 is 5.32 Å². The molecule has 0 saturated heterocycles. The molecule has 1 N–H and O–H groups in total. The molecule has 0 aliphatic heterocycles. The van der Waals surface area contributed by atoms with E-state index in [1.165, 1.54) is 11.3 Å². The van der Waals surface area contributed by atoms with E-state index >= 15 is 0 Å². The Morgan fingerprint density at radius 2 is 1.95 bits per heavy atom. The number of hydrogen-bond donors (Lipinski definition) is 1. The summed E-state index contributed by atoms with van der Waals surface area (Å²) in [7, 11) is 0. The van der Waals surface area contributed by atoms with Crippen molar-refractivity contribution in [3.63, 3.8) is 0 Å². The molecule has 1 aromatic heterocycles. The van der Waals surface area contributed by atoms with Crippen LogP contribution in [0.2, 0.25) is 0 Å². The Hall–Kier alpha value is -1.77. The average Bonchev–Trinajstić information content (AvgIpc) is 2.95. The monoisotopic (exact) mass is 271 g/mol. The molecule has 3 heteroatoms. The van der Waals surface area contributed by atoms with E-state index < -0.39 is 0 Å². The first-order valence-corrected chi connectivity index (χ1v) is 7.63. The van der Waals surface area contributed by atoms with Gasteiger partial charge in [-0.15, -0.1) is 0 Å². The van der Waals surface area contributed by atoms with Gasteiger partial charge in [0.25, 0.3) is 0 Å². The predicted octanol–water partition coefficient (Wildman–Crippen LogP) is 4.42. The number of aryl methyl sites for hydroxylation is 1. The summed E-state index contributed by atoms with van der Waals surface area (Å²) >= 11 is 0. The molecular formula is C17H25N3. The van der Waals surface area contributed by atoms with Crippen LogP contribution >= 0.6 is 0 Å². The van der Waals surface area contributed by atoms with Crippen LogP contribution in [0.5, 0.6) is 0 Å². The van der Waals surface area contributed by atoms with Crippen molar-refractivity contribution in [1.82, 2.24) is 9.78 Å². The van der Waals surface area contributed by atoms with Crippen molar-refractivity contribution < 1.29 is 0 Å².